The van der Waals surface area contributed by atoms with E-state index in [1.807, 2.05) is 50.4 Å². The molecule has 28 heavy (non-hydrogen) atoms. The van der Waals surface area contributed by atoms with Gasteiger partial charge in [-0.1, -0.05) is 44.2 Å². The first kappa shape index (κ1) is 19.8. The van der Waals surface area contributed by atoms with Gasteiger partial charge in [0.05, 0.1) is 14.2 Å². The fourth-order valence-electron chi connectivity index (χ4n) is 3.61. The van der Waals surface area contributed by atoms with Crippen molar-refractivity contribution in [2.24, 2.45) is 5.92 Å². The topological polar surface area (TPSA) is 63.3 Å². The van der Waals surface area contributed by atoms with Crippen LogP contribution in [0.5, 0.6) is 11.5 Å². The van der Waals surface area contributed by atoms with Gasteiger partial charge in [0.25, 0.3) is 0 Å². The summed E-state index contributed by atoms with van der Waals surface area (Å²) in [5, 5.41) is 4.24. The highest BCUT2D eigenvalue weighted by molar-refractivity contribution is 5.84. The summed E-state index contributed by atoms with van der Waals surface area (Å²) in [5.41, 5.74) is 3.17. The zero-order valence-electron chi connectivity index (χ0n) is 16.9. The molecule has 0 spiro atoms. The first-order valence-electron chi connectivity index (χ1n) is 9.58. The summed E-state index contributed by atoms with van der Waals surface area (Å²) in [6.45, 7) is 4.57. The van der Waals surface area contributed by atoms with Crippen molar-refractivity contribution in [2.75, 3.05) is 20.8 Å². The van der Waals surface area contributed by atoms with Crippen molar-refractivity contribution in [2.45, 2.75) is 26.2 Å². The first-order valence-corrected chi connectivity index (χ1v) is 9.58. The van der Waals surface area contributed by atoms with Crippen molar-refractivity contribution in [1.82, 2.24) is 10.3 Å². The van der Waals surface area contributed by atoms with Gasteiger partial charge in [-0.3, -0.25) is 4.79 Å². The zero-order chi connectivity index (χ0) is 20.1. The van der Waals surface area contributed by atoms with Gasteiger partial charge < -0.3 is 19.8 Å². The fourth-order valence-corrected chi connectivity index (χ4v) is 3.61. The van der Waals surface area contributed by atoms with E-state index in [9.17, 15) is 4.79 Å². The van der Waals surface area contributed by atoms with Gasteiger partial charge in [0.1, 0.15) is 0 Å². The highest BCUT2D eigenvalue weighted by Gasteiger charge is 2.24. The summed E-state index contributed by atoms with van der Waals surface area (Å²) < 4.78 is 11.2. The second-order valence-electron chi connectivity index (χ2n) is 7.33. The van der Waals surface area contributed by atoms with Crippen molar-refractivity contribution >= 4 is 16.8 Å². The molecule has 0 bridgehead atoms. The normalized spacial score (nSPS) is 12.2. The van der Waals surface area contributed by atoms with Crippen LogP contribution in [0, 0.1) is 5.92 Å². The number of hydrogen-bond acceptors (Lipinski definition) is 3. The Hall–Kier alpha value is -2.95. The Bertz CT molecular complexity index is 946. The quantitative estimate of drug-likeness (QED) is 0.606. The maximum absolute atomic E-state index is 12.3. The van der Waals surface area contributed by atoms with E-state index in [-0.39, 0.29) is 11.8 Å². The van der Waals surface area contributed by atoms with Crippen LogP contribution in [0.4, 0.5) is 0 Å². The monoisotopic (exact) mass is 380 g/mol. The van der Waals surface area contributed by atoms with E-state index in [4.69, 9.17) is 9.47 Å². The number of ether oxygens (including phenoxy) is 2. The lowest BCUT2D eigenvalue weighted by molar-refractivity contribution is -0.121. The smallest absolute Gasteiger partial charge is 0.220 e. The molecule has 0 saturated carbocycles. The zero-order valence-corrected chi connectivity index (χ0v) is 16.9. The summed E-state index contributed by atoms with van der Waals surface area (Å²) in [6.07, 6.45) is 2.53. The van der Waals surface area contributed by atoms with Crippen LogP contribution >= 0.6 is 0 Å². The number of hydrogen-bond donors (Lipinski definition) is 2. The van der Waals surface area contributed by atoms with Gasteiger partial charge in [0, 0.05) is 41.5 Å². The predicted octanol–water partition coefficient (Wildman–Crippen LogP) is 4.48. The number of carbonyl (C=O) groups excluding carboxylic acids is 1. The van der Waals surface area contributed by atoms with E-state index in [0.29, 0.717) is 30.4 Å². The molecule has 1 atom stereocenters. The van der Waals surface area contributed by atoms with Gasteiger partial charge in [-0.25, -0.2) is 0 Å². The van der Waals surface area contributed by atoms with Crippen LogP contribution in [0.25, 0.3) is 10.9 Å². The van der Waals surface area contributed by atoms with Gasteiger partial charge in [-0.05, 0) is 23.6 Å². The number of methoxy groups -OCH3 is 2. The van der Waals surface area contributed by atoms with Gasteiger partial charge in [-0.15, -0.1) is 0 Å². The Balaban J connectivity index is 2.04. The largest absolute Gasteiger partial charge is 0.493 e. The lowest BCUT2D eigenvalue weighted by Crippen LogP contribution is -2.29. The van der Waals surface area contributed by atoms with Crippen molar-refractivity contribution in [1.29, 1.82) is 0 Å². The van der Waals surface area contributed by atoms with E-state index in [1.165, 1.54) is 0 Å². The second-order valence-corrected chi connectivity index (χ2v) is 7.33. The minimum absolute atomic E-state index is 0.0571. The number of benzene rings is 2. The molecule has 1 amide bonds. The van der Waals surface area contributed by atoms with E-state index in [0.717, 1.165) is 22.0 Å². The Kier molecular flexibility index (Phi) is 6.24. The summed E-state index contributed by atoms with van der Waals surface area (Å²) in [7, 11) is 3.28. The molecular weight excluding hydrogens is 352 g/mol. The molecule has 1 aromatic heterocycles. The number of aromatic amines is 1. The maximum atomic E-state index is 12.3. The van der Waals surface area contributed by atoms with Crippen LogP contribution in [-0.4, -0.2) is 31.7 Å². The second kappa shape index (κ2) is 8.83. The van der Waals surface area contributed by atoms with Crippen molar-refractivity contribution in [3.8, 4) is 11.5 Å². The summed E-state index contributed by atoms with van der Waals surface area (Å²) in [6, 6.07) is 14.0. The minimum Gasteiger partial charge on any atom is -0.493 e. The lowest BCUT2D eigenvalue weighted by atomic mass is 9.89. The van der Waals surface area contributed by atoms with Gasteiger partial charge in [0.2, 0.25) is 5.91 Å². The van der Waals surface area contributed by atoms with E-state index in [1.54, 1.807) is 14.2 Å². The van der Waals surface area contributed by atoms with Crippen molar-refractivity contribution < 1.29 is 14.3 Å². The molecule has 5 nitrogen and oxygen atoms in total. The van der Waals surface area contributed by atoms with Crippen molar-refractivity contribution in [3.05, 3.63) is 59.8 Å². The molecular formula is C23H28N2O3. The van der Waals surface area contributed by atoms with Gasteiger partial charge in [0.15, 0.2) is 11.5 Å². The van der Waals surface area contributed by atoms with Crippen LogP contribution < -0.4 is 14.8 Å². The van der Waals surface area contributed by atoms with Crippen LogP contribution in [0.2, 0.25) is 0 Å². The Morgan fingerprint density at radius 3 is 2.54 bits per heavy atom. The molecule has 3 aromatic rings. The summed E-state index contributed by atoms with van der Waals surface area (Å²) in [5.74, 6) is 1.67. The maximum Gasteiger partial charge on any atom is 0.220 e. The van der Waals surface area contributed by atoms with Crippen LogP contribution in [0.15, 0.2) is 48.7 Å². The average Bonchev–Trinajstić information content (AvgIpc) is 3.11. The minimum atomic E-state index is -0.0719. The van der Waals surface area contributed by atoms with Crippen LogP contribution in [-0.2, 0) is 4.79 Å². The number of aromatic nitrogens is 1. The lowest BCUT2D eigenvalue weighted by Gasteiger charge is -2.22. The number of carbonyl (C=O) groups is 1. The molecule has 3 rings (SSSR count). The summed E-state index contributed by atoms with van der Waals surface area (Å²) >= 11 is 0. The molecule has 2 aromatic carbocycles. The molecule has 0 radical (unpaired) electrons. The molecule has 0 aliphatic heterocycles. The average molecular weight is 380 g/mol. The van der Waals surface area contributed by atoms with Gasteiger partial charge in [-0.2, -0.15) is 0 Å². The standard InChI is InChI=1S/C23H28N2O3/c1-15(2)12-22(26)25-14-19(17-9-7-11-21(27-3)23(17)28-4)18-13-24-20-10-6-5-8-16(18)20/h5-11,13,15,19,24H,12,14H2,1-4H3,(H,25,26). The molecule has 0 fully saturated rings. The number of para-hydroxylation sites is 2. The molecule has 0 aliphatic rings. The molecule has 0 saturated heterocycles. The SMILES string of the molecule is COc1cccc(C(CNC(=O)CC(C)C)c2c[nH]c3ccccc23)c1OC. The fraction of sp³-hybridized carbons (Fsp3) is 0.348. The summed E-state index contributed by atoms with van der Waals surface area (Å²) in [4.78, 5) is 15.7. The first-order chi connectivity index (χ1) is 13.5. The number of fused-ring (bicyclic) bond motifs is 1. The van der Waals surface area contributed by atoms with Crippen molar-refractivity contribution in [3.63, 3.8) is 0 Å². The Morgan fingerprint density at radius 2 is 1.82 bits per heavy atom. The number of rotatable bonds is 8. The highest BCUT2D eigenvalue weighted by Crippen LogP contribution is 2.40. The molecule has 2 N–H and O–H groups in total. The van der Waals surface area contributed by atoms with Crippen LogP contribution in [0.1, 0.15) is 37.3 Å². The predicted molar refractivity (Wildman–Crippen MR) is 112 cm³/mol. The third-order valence-electron chi connectivity index (χ3n) is 4.90. The number of H-pyrrole nitrogens is 1. The third-order valence-corrected chi connectivity index (χ3v) is 4.90. The number of amides is 1. The molecule has 1 heterocycles. The third kappa shape index (κ3) is 4.14. The number of nitrogens with one attached hydrogen (secondary N) is 2. The Morgan fingerprint density at radius 1 is 1.04 bits per heavy atom. The van der Waals surface area contributed by atoms with E-state index >= 15 is 0 Å². The molecule has 1 unspecified atom stereocenters. The Labute approximate surface area is 166 Å². The molecule has 0 aliphatic carbocycles. The highest BCUT2D eigenvalue weighted by atomic mass is 16.5. The molecule has 5 heteroatoms. The molecule has 148 valence electrons. The van der Waals surface area contributed by atoms with Crippen LogP contribution in [0.3, 0.4) is 0 Å². The van der Waals surface area contributed by atoms with E-state index < -0.39 is 0 Å². The van der Waals surface area contributed by atoms with Gasteiger partial charge >= 0.3 is 0 Å². The van der Waals surface area contributed by atoms with E-state index in [2.05, 4.69) is 22.4 Å².